The number of thiophene rings is 2. The van der Waals surface area contributed by atoms with E-state index in [9.17, 15) is 9.59 Å². The standard InChI is InChI=1S/C26H32N4O3S2/c1-3-29-14-11-17-19(24(35-21(17)16-29)30-12-7-8-13-30)15-27-26(32)28-23-22(25(31)33-4-2)18-9-5-6-10-20(18)34-23/h7-8,12-13H,3-6,9-11,14-16H2,1-2H3,(H2,27,28,32). The van der Waals surface area contributed by atoms with Crippen molar-refractivity contribution in [1.29, 1.82) is 0 Å². The van der Waals surface area contributed by atoms with Gasteiger partial charge in [-0.2, -0.15) is 0 Å². The van der Waals surface area contributed by atoms with Crippen molar-refractivity contribution in [3.8, 4) is 5.00 Å². The molecule has 0 bridgehead atoms. The zero-order chi connectivity index (χ0) is 24.4. The SMILES string of the molecule is CCOC(=O)c1c(NC(=O)NCc2c(-n3cccc3)sc3c2CCN(CC)C3)sc2c1CCCC2. The third kappa shape index (κ3) is 4.90. The number of aryl methyl sites for hydroxylation is 1. The first-order valence-corrected chi connectivity index (χ1v) is 14.1. The number of anilines is 1. The number of nitrogens with zero attached hydrogens (tertiary/aromatic N) is 2. The minimum absolute atomic E-state index is 0.293. The lowest BCUT2D eigenvalue weighted by Gasteiger charge is -2.25. The van der Waals surface area contributed by atoms with Gasteiger partial charge in [-0.15, -0.1) is 22.7 Å². The second-order valence-corrected chi connectivity index (χ2v) is 11.1. The first kappa shape index (κ1) is 24.1. The summed E-state index contributed by atoms with van der Waals surface area (Å²) in [6, 6.07) is 3.76. The fourth-order valence-electron chi connectivity index (χ4n) is 5.03. The summed E-state index contributed by atoms with van der Waals surface area (Å²) in [4.78, 5) is 30.8. The Morgan fingerprint density at radius 3 is 2.60 bits per heavy atom. The lowest BCUT2D eigenvalue weighted by Crippen LogP contribution is -2.31. The van der Waals surface area contributed by atoms with Crippen LogP contribution in [0.25, 0.3) is 5.00 Å². The van der Waals surface area contributed by atoms with Crippen molar-refractivity contribution >= 4 is 39.7 Å². The van der Waals surface area contributed by atoms with Gasteiger partial charge in [-0.1, -0.05) is 6.92 Å². The number of hydrogen-bond acceptors (Lipinski definition) is 6. The highest BCUT2D eigenvalue weighted by atomic mass is 32.1. The summed E-state index contributed by atoms with van der Waals surface area (Å²) in [7, 11) is 0. The summed E-state index contributed by atoms with van der Waals surface area (Å²) < 4.78 is 7.46. The summed E-state index contributed by atoms with van der Waals surface area (Å²) in [6.45, 7) is 7.80. The summed E-state index contributed by atoms with van der Waals surface area (Å²) >= 11 is 3.33. The first-order valence-electron chi connectivity index (χ1n) is 12.4. The molecule has 1 aliphatic heterocycles. The van der Waals surface area contributed by atoms with Gasteiger partial charge < -0.3 is 14.6 Å². The van der Waals surface area contributed by atoms with Crippen LogP contribution in [0.5, 0.6) is 0 Å². The predicted octanol–water partition coefficient (Wildman–Crippen LogP) is 5.36. The van der Waals surface area contributed by atoms with Gasteiger partial charge in [0.25, 0.3) is 0 Å². The molecule has 5 rings (SSSR count). The monoisotopic (exact) mass is 512 g/mol. The largest absolute Gasteiger partial charge is 0.462 e. The summed E-state index contributed by atoms with van der Waals surface area (Å²) in [6.07, 6.45) is 9.08. The summed E-state index contributed by atoms with van der Waals surface area (Å²) in [5.74, 6) is -0.343. The van der Waals surface area contributed by atoms with Crippen LogP contribution in [0.3, 0.4) is 0 Å². The number of urea groups is 1. The van der Waals surface area contributed by atoms with Crippen molar-refractivity contribution in [3.05, 3.63) is 56.5 Å². The predicted molar refractivity (Wildman–Crippen MR) is 141 cm³/mol. The van der Waals surface area contributed by atoms with Crippen LogP contribution in [0.2, 0.25) is 0 Å². The van der Waals surface area contributed by atoms with Gasteiger partial charge in [0.1, 0.15) is 10.0 Å². The number of nitrogens with one attached hydrogen (secondary N) is 2. The second-order valence-electron chi connectivity index (χ2n) is 8.94. The van der Waals surface area contributed by atoms with E-state index < -0.39 is 0 Å². The maximum Gasteiger partial charge on any atom is 0.341 e. The lowest BCUT2D eigenvalue weighted by atomic mass is 9.95. The molecule has 0 spiro atoms. The van der Waals surface area contributed by atoms with Crippen molar-refractivity contribution in [1.82, 2.24) is 14.8 Å². The molecule has 0 aromatic carbocycles. The minimum atomic E-state index is -0.343. The minimum Gasteiger partial charge on any atom is -0.462 e. The van der Waals surface area contributed by atoms with Crippen molar-refractivity contribution in [2.45, 2.75) is 59.0 Å². The average Bonchev–Trinajstić information content (AvgIpc) is 3.59. The van der Waals surface area contributed by atoms with Crippen LogP contribution < -0.4 is 10.6 Å². The molecular weight excluding hydrogens is 480 g/mol. The van der Waals surface area contributed by atoms with Crippen molar-refractivity contribution in [3.63, 3.8) is 0 Å². The first-order chi connectivity index (χ1) is 17.1. The van der Waals surface area contributed by atoms with Gasteiger partial charge in [-0.05, 0) is 68.8 Å². The van der Waals surface area contributed by atoms with E-state index in [0.717, 1.165) is 62.3 Å². The number of amides is 2. The third-order valence-corrected chi connectivity index (χ3v) is 9.29. The average molecular weight is 513 g/mol. The number of fused-ring (bicyclic) bond motifs is 2. The topological polar surface area (TPSA) is 75.6 Å². The number of likely N-dealkylation sites (N-methyl/N-ethyl adjacent to an activating group) is 1. The van der Waals surface area contributed by atoms with Crippen LogP contribution in [0, 0.1) is 0 Å². The van der Waals surface area contributed by atoms with Gasteiger partial charge in [0.15, 0.2) is 0 Å². The normalized spacial score (nSPS) is 15.4. The van der Waals surface area contributed by atoms with Crippen LogP contribution >= 0.6 is 22.7 Å². The van der Waals surface area contributed by atoms with E-state index in [-0.39, 0.29) is 12.0 Å². The Morgan fingerprint density at radius 2 is 1.83 bits per heavy atom. The van der Waals surface area contributed by atoms with Crippen LogP contribution in [-0.2, 0) is 37.1 Å². The smallest absolute Gasteiger partial charge is 0.341 e. The number of ether oxygens (including phenoxy) is 1. The highest BCUT2D eigenvalue weighted by Crippen LogP contribution is 2.39. The summed E-state index contributed by atoms with van der Waals surface area (Å²) in [5.41, 5.74) is 4.14. The highest BCUT2D eigenvalue weighted by Gasteiger charge is 2.28. The Kier molecular flexibility index (Phi) is 7.27. The van der Waals surface area contributed by atoms with E-state index in [4.69, 9.17) is 4.74 Å². The molecule has 7 nitrogen and oxygen atoms in total. The van der Waals surface area contributed by atoms with E-state index in [1.807, 2.05) is 23.5 Å². The van der Waals surface area contributed by atoms with Gasteiger partial charge in [0.05, 0.1) is 12.2 Å². The molecule has 3 aromatic rings. The fourth-order valence-corrected chi connectivity index (χ4v) is 7.67. The van der Waals surface area contributed by atoms with E-state index >= 15 is 0 Å². The maximum absolute atomic E-state index is 13.0. The Balaban J connectivity index is 1.36. The van der Waals surface area contributed by atoms with E-state index in [1.165, 1.54) is 32.2 Å². The molecule has 9 heteroatoms. The van der Waals surface area contributed by atoms with Crippen LogP contribution in [0.4, 0.5) is 9.80 Å². The molecule has 0 fully saturated rings. The summed E-state index contributed by atoms with van der Waals surface area (Å²) in [5, 5.41) is 7.82. The van der Waals surface area contributed by atoms with Gasteiger partial charge >= 0.3 is 12.0 Å². The highest BCUT2D eigenvalue weighted by molar-refractivity contribution is 7.17. The fraction of sp³-hybridized carbons (Fsp3) is 0.462. The number of carbonyl (C=O) groups is 2. The van der Waals surface area contributed by atoms with Gasteiger partial charge in [0.2, 0.25) is 0 Å². The Labute approximate surface area is 214 Å². The number of aromatic nitrogens is 1. The lowest BCUT2D eigenvalue weighted by molar-refractivity contribution is 0.0526. The zero-order valence-corrected chi connectivity index (χ0v) is 21.9. The third-order valence-electron chi connectivity index (χ3n) is 6.81. The van der Waals surface area contributed by atoms with Gasteiger partial charge in [-0.25, -0.2) is 9.59 Å². The van der Waals surface area contributed by atoms with Crippen LogP contribution in [-0.4, -0.2) is 41.2 Å². The Morgan fingerprint density at radius 1 is 1.03 bits per heavy atom. The molecule has 186 valence electrons. The molecule has 4 heterocycles. The molecular formula is C26H32N4O3S2. The van der Waals surface area contributed by atoms with Crippen molar-refractivity contribution in [2.24, 2.45) is 0 Å². The molecule has 2 aliphatic rings. The zero-order valence-electron chi connectivity index (χ0n) is 20.3. The Bertz CT molecular complexity index is 1210. The van der Waals surface area contributed by atoms with E-state index in [2.05, 4.69) is 39.4 Å². The maximum atomic E-state index is 13.0. The molecule has 0 unspecified atom stereocenters. The number of esters is 1. The Hall–Kier alpha value is -2.62. The second kappa shape index (κ2) is 10.6. The van der Waals surface area contributed by atoms with Crippen LogP contribution in [0.1, 0.15) is 63.5 Å². The molecule has 2 amide bonds. The van der Waals surface area contributed by atoms with Gasteiger partial charge in [-0.3, -0.25) is 10.2 Å². The quantitative estimate of drug-likeness (QED) is 0.418. The molecule has 1 aliphatic carbocycles. The van der Waals surface area contributed by atoms with Crippen molar-refractivity contribution in [2.75, 3.05) is 25.0 Å². The molecule has 3 aromatic heterocycles. The molecule has 0 radical (unpaired) electrons. The molecule has 35 heavy (non-hydrogen) atoms. The number of carbonyl (C=O) groups excluding carboxylic acids is 2. The van der Waals surface area contributed by atoms with Gasteiger partial charge in [0, 0.05) is 47.3 Å². The molecule has 0 saturated carbocycles. The van der Waals surface area contributed by atoms with Crippen molar-refractivity contribution < 1.29 is 14.3 Å². The molecule has 0 saturated heterocycles. The number of hydrogen-bond donors (Lipinski definition) is 2. The van der Waals surface area contributed by atoms with E-state index in [1.54, 1.807) is 6.92 Å². The molecule has 2 N–H and O–H groups in total. The van der Waals surface area contributed by atoms with Crippen LogP contribution in [0.15, 0.2) is 24.5 Å². The van der Waals surface area contributed by atoms with E-state index in [0.29, 0.717) is 23.7 Å². The molecule has 0 atom stereocenters. The number of rotatable bonds is 7.